The number of nitrogens with one attached hydrogen (secondary N) is 1. The number of fused-ring (bicyclic) bond motifs is 1. The molecule has 7 heteroatoms. The number of carboxylic acids is 1. The van der Waals surface area contributed by atoms with Gasteiger partial charge in [-0.1, -0.05) is 6.92 Å². The SMILES string of the molecule is CCCC(=O)N1CCCC(C(=O)Nc2ccc3c(ccn3CC(=O)O)c2)C1. The normalized spacial score (nSPS) is 17.1. The van der Waals surface area contributed by atoms with Crippen molar-refractivity contribution in [2.45, 2.75) is 39.2 Å². The maximum Gasteiger partial charge on any atom is 0.323 e. The molecule has 3 rings (SSSR count). The van der Waals surface area contributed by atoms with Crippen molar-refractivity contribution < 1.29 is 19.5 Å². The fourth-order valence-electron chi connectivity index (χ4n) is 3.60. The van der Waals surface area contributed by atoms with Gasteiger partial charge in [-0.3, -0.25) is 14.4 Å². The lowest BCUT2D eigenvalue weighted by Crippen LogP contribution is -2.43. The largest absolute Gasteiger partial charge is 0.480 e. The molecule has 7 nitrogen and oxygen atoms in total. The van der Waals surface area contributed by atoms with Crippen LogP contribution in [0.3, 0.4) is 0 Å². The summed E-state index contributed by atoms with van der Waals surface area (Å²) in [6.45, 7) is 3.08. The van der Waals surface area contributed by atoms with Crippen LogP contribution in [0.2, 0.25) is 0 Å². The van der Waals surface area contributed by atoms with Crippen LogP contribution in [-0.4, -0.2) is 45.4 Å². The van der Waals surface area contributed by atoms with E-state index < -0.39 is 5.97 Å². The standard InChI is InChI=1S/C20H25N3O4/c1-2-4-18(24)23-9-3-5-15(12-23)20(27)21-16-6-7-17-14(11-16)8-10-22(17)13-19(25)26/h6-8,10-11,15H,2-5,9,12-13H2,1H3,(H,21,27)(H,25,26). The van der Waals surface area contributed by atoms with Crippen LogP contribution in [0.15, 0.2) is 30.5 Å². The van der Waals surface area contributed by atoms with Crippen LogP contribution < -0.4 is 5.32 Å². The fourth-order valence-corrected chi connectivity index (χ4v) is 3.60. The molecule has 0 spiro atoms. The minimum atomic E-state index is -0.899. The first-order valence-corrected chi connectivity index (χ1v) is 9.37. The number of carboxylic acid groups (broad SMARTS) is 1. The molecular formula is C20H25N3O4. The second-order valence-electron chi connectivity index (χ2n) is 7.03. The molecule has 144 valence electrons. The quantitative estimate of drug-likeness (QED) is 0.817. The first-order valence-electron chi connectivity index (χ1n) is 9.37. The highest BCUT2D eigenvalue weighted by Crippen LogP contribution is 2.23. The Balaban J connectivity index is 1.66. The summed E-state index contributed by atoms with van der Waals surface area (Å²) in [6, 6.07) is 7.27. The van der Waals surface area contributed by atoms with Gasteiger partial charge in [0.1, 0.15) is 6.54 Å². The van der Waals surface area contributed by atoms with Gasteiger partial charge in [0.2, 0.25) is 11.8 Å². The molecule has 0 saturated carbocycles. The summed E-state index contributed by atoms with van der Waals surface area (Å²) in [6.07, 6.45) is 4.68. The third-order valence-electron chi connectivity index (χ3n) is 4.95. The Morgan fingerprint density at radius 1 is 1.26 bits per heavy atom. The molecule has 1 unspecified atom stereocenters. The van der Waals surface area contributed by atoms with Gasteiger partial charge < -0.3 is 19.9 Å². The van der Waals surface area contributed by atoms with Gasteiger partial charge in [0.15, 0.2) is 0 Å². The van der Waals surface area contributed by atoms with E-state index in [0.717, 1.165) is 36.7 Å². The summed E-state index contributed by atoms with van der Waals surface area (Å²) in [5.74, 6) is -1.05. The van der Waals surface area contributed by atoms with Crippen molar-refractivity contribution in [1.82, 2.24) is 9.47 Å². The summed E-state index contributed by atoms with van der Waals surface area (Å²) in [5, 5.41) is 12.8. The van der Waals surface area contributed by atoms with Crippen molar-refractivity contribution in [3.63, 3.8) is 0 Å². The molecule has 0 aliphatic carbocycles. The number of carbonyl (C=O) groups is 3. The molecule has 1 aliphatic rings. The van der Waals surface area contributed by atoms with Crippen molar-refractivity contribution in [1.29, 1.82) is 0 Å². The highest BCUT2D eigenvalue weighted by molar-refractivity contribution is 5.95. The predicted octanol–water partition coefficient (Wildman–Crippen LogP) is 2.70. The van der Waals surface area contributed by atoms with Crippen LogP contribution in [0.1, 0.15) is 32.6 Å². The Bertz CT molecular complexity index is 858. The van der Waals surface area contributed by atoms with Crippen LogP contribution in [0.5, 0.6) is 0 Å². The van der Waals surface area contributed by atoms with Crippen molar-refractivity contribution in [3.05, 3.63) is 30.5 Å². The maximum absolute atomic E-state index is 12.6. The van der Waals surface area contributed by atoms with E-state index in [-0.39, 0.29) is 24.3 Å². The first-order chi connectivity index (χ1) is 13.0. The van der Waals surface area contributed by atoms with Gasteiger partial charge in [0.25, 0.3) is 0 Å². The summed E-state index contributed by atoms with van der Waals surface area (Å²) < 4.78 is 1.65. The zero-order chi connectivity index (χ0) is 19.4. The molecule has 2 heterocycles. The third kappa shape index (κ3) is 4.48. The zero-order valence-electron chi connectivity index (χ0n) is 15.5. The lowest BCUT2D eigenvalue weighted by molar-refractivity contribution is -0.138. The highest BCUT2D eigenvalue weighted by Gasteiger charge is 2.28. The summed E-state index contributed by atoms with van der Waals surface area (Å²) in [4.78, 5) is 37.5. The number of rotatable bonds is 6. The van der Waals surface area contributed by atoms with Gasteiger partial charge >= 0.3 is 5.97 Å². The van der Waals surface area contributed by atoms with E-state index in [2.05, 4.69) is 5.32 Å². The van der Waals surface area contributed by atoms with Gasteiger partial charge in [-0.25, -0.2) is 0 Å². The molecule has 1 aromatic carbocycles. The van der Waals surface area contributed by atoms with E-state index in [1.165, 1.54) is 0 Å². The monoisotopic (exact) mass is 371 g/mol. The number of anilines is 1. The molecule has 2 aromatic rings. The Morgan fingerprint density at radius 3 is 2.81 bits per heavy atom. The Labute approximate surface area is 157 Å². The van der Waals surface area contributed by atoms with E-state index in [1.807, 2.05) is 25.1 Å². The van der Waals surface area contributed by atoms with E-state index in [1.54, 1.807) is 21.7 Å². The molecule has 1 aromatic heterocycles. The highest BCUT2D eigenvalue weighted by atomic mass is 16.4. The van der Waals surface area contributed by atoms with Gasteiger partial charge in [0, 0.05) is 42.3 Å². The van der Waals surface area contributed by atoms with E-state index in [0.29, 0.717) is 18.7 Å². The number of hydrogen-bond donors (Lipinski definition) is 2. The number of aromatic nitrogens is 1. The van der Waals surface area contributed by atoms with E-state index >= 15 is 0 Å². The van der Waals surface area contributed by atoms with Crippen molar-refractivity contribution in [2.24, 2.45) is 5.92 Å². The van der Waals surface area contributed by atoms with Crippen LogP contribution in [0, 0.1) is 5.92 Å². The van der Waals surface area contributed by atoms with Crippen molar-refractivity contribution in [2.75, 3.05) is 18.4 Å². The van der Waals surface area contributed by atoms with Crippen LogP contribution in [0.4, 0.5) is 5.69 Å². The number of carbonyl (C=O) groups excluding carboxylic acids is 2. The second kappa shape index (κ2) is 8.24. The number of nitrogens with zero attached hydrogens (tertiary/aromatic N) is 2. The Morgan fingerprint density at radius 2 is 2.07 bits per heavy atom. The molecule has 0 bridgehead atoms. The average Bonchev–Trinajstić information content (AvgIpc) is 3.03. The van der Waals surface area contributed by atoms with E-state index in [4.69, 9.17) is 5.11 Å². The molecule has 0 radical (unpaired) electrons. The van der Waals surface area contributed by atoms with E-state index in [9.17, 15) is 14.4 Å². The Kier molecular flexibility index (Phi) is 5.78. The minimum absolute atomic E-state index is 0.0756. The topological polar surface area (TPSA) is 91.6 Å². The fraction of sp³-hybridized carbons (Fsp3) is 0.450. The van der Waals surface area contributed by atoms with Gasteiger partial charge in [-0.15, -0.1) is 0 Å². The smallest absolute Gasteiger partial charge is 0.323 e. The molecule has 1 saturated heterocycles. The molecule has 1 aliphatic heterocycles. The molecule has 1 atom stereocenters. The number of hydrogen-bond acceptors (Lipinski definition) is 3. The average molecular weight is 371 g/mol. The lowest BCUT2D eigenvalue weighted by Gasteiger charge is -2.32. The second-order valence-corrected chi connectivity index (χ2v) is 7.03. The predicted molar refractivity (Wildman–Crippen MR) is 102 cm³/mol. The lowest BCUT2D eigenvalue weighted by atomic mass is 9.96. The summed E-state index contributed by atoms with van der Waals surface area (Å²) in [5.41, 5.74) is 1.49. The first kappa shape index (κ1) is 18.9. The number of benzene rings is 1. The number of amides is 2. The number of piperidine rings is 1. The van der Waals surface area contributed by atoms with Crippen LogP contribution >= 0.6 is 0 Å². The molecule has 2 N–H and O–H groups in total. The van der Waals surface area contributed by atoms with Crippen LogP contribution in [0.25, 0.3) is 10.9 Å². The maximum atomic E-state index is 12.6. The number of likely N-dealkylation sites (tertiary alicyclic amines) is 1. The summed E-state index contributed by atoms with van der Waals surface area (Å²) >= 11 is 0. The zero-order valence-corrected chi connectivity index (χ0v) is 15.5. The molecular weight excluding hydrogens is 346 g/mol. The van der Waals surface area contributed by atoms with Crippen molar-refractivity contribution in [3.8, 4) is 0 Å². The van der Waals surface area contributed by atoms with Gasteiger partial charge in [-0.2, -0.15) is 0 Å². The van der Waals surface area contributed by atoms with Crippen LogP contribution in [-0.2, 0) is 20.9 Å². The number of aliphatic carboxylic acids is 1. The third-order valence-corrected chi connectivity index (χ3v) is 4.95. The minimum Gasteiger partial charge on any atom is -0.480 e. The summed E-state index contributed by atoms with van der Waals surface area (Å²) in [7, 11) is 0. The Hall–Kier alpha value is -2.83. The van der Waals surface area contributed by atoms with Gasteiger partial charge in [-0.05, 0) is 43.5 Å². The molecule has 2 amide bonds. The van der Waals surface area contributed by atoms with Gasteiger partial charge in [0.05, 0.1) is 5.92 Å². The van der Waals surface area contributed by atoms with Crippen molar-refractivity contribution >= 4 is 34.4 Å². The molecule has 27 heavy (non-hydrogen) atoms. The molecule has 1 fully saturated rings.